The van der Waals surface area contributed by atoms with Gasteiger partial charge in [-0.25, -0.2) is 8.78 Å². The van der Waals surface area contributed by atoms with Crippen LogP contribution in [0.1, 0.15) is 30.7 Å². The maximum Gasteiger partial charge on any atom is 0.232 e. The van der Waals surface area contributed by atoms with E-state index in [4.69, 9.17) is 9.26 Å². The minimum atomic E-state index is -0.668. The predicted molar refractivity (Wildman–Crippen MR) is 100 cm³/mol. The van der Waals surface area contributed by atoms with Gasteiger partial charge in [-0.05, 0) is 36.8 Å². The molecule has 150 valence electrons. The third-order valence-electron chi connectivity index (χ3n) is 4.70. The summed E-state index contributed by atoms with van der Waals surface area (Å²) in [5.41, 5.74) is 1.15. The summed E-state index contributed by atoms with van der Waals surface area (Å²) in [6.45, 7) is 2.93. The quantitative estimate of drug-likeness (QED) is 0.628. The van der Waals surface area contributed by atoms with E-state index < -0.39 is 11.6 Å². The van der Waals surface area contributed by atoms with Gasteiger partial charge in [0.2, 0.25) is 17.6 Å². The second kappa shape index (κ2) is 7.98. The fourth-order valence-electron chi connectivity index (χ4n) is 3.42. The van der Waals surface area contributed by atoms with Gasteiger partial charge in [0.1, 0.15) is 17.4 Å². The van der Waals surface area contributed by atoms with Crippen molar-refractivity contribution in [2.24, 2.45) is 0 Å². The lowest BCUT2D eigenvalue weighted by molar-refractivity contribution is -0.128. The zero-order valence-corrected chi connectivity index (χ0v) is 15.8. The Balaban J connectivity index is 1.47. The van der Waals surface area contributed by atoms with Gasteiger partial charge in [0.25, 0.3) is 0 Å². The third-order valence-corrected chi connectivity index (χ3v) is 4.70. The molecule has 1 aliphatic heterocycles. The molecule has 0 radical (unpaired) electrons. The van der Waals surface area contributed by atoms with Crippen molar-refractivity contribution in [1.82, 2.24) is 15.0 Å². The fourth-order valence-corrected chi connectivity index (χ4v) is 3.42. The number of carbonyl (C=O) groups excluding carboxylic acids is 1. The van der Waals surface area contributed by atoms with Crippen LogP contribution in [0, 0.1) is 11.6 Å². The highest BCUT2D eigenvalue weighted by atomic mass is 19.1. The van der Waals surface area contributed by atoms with Crippen molar-refractivity contribution in [3.05, 3.63) is 65.6 Å². The Labute approximate surface area is 166 Å². The Morgan fingerprint density at radius 3 is 2.76 bits per heavy atom. The smallest absolute Gasteiger partial charge is 0.232 e. The van der Waals surface area contributed by atoms with Crippen LogP contribution in [0.5, 0.6) is 5.75 Å². The molecule has 0 bridgehead atoms. The Bertz CT molecular complexity index is 1020. The summed E-state index contributed by atoms with van der Waals surface area (Å²) in [6, 6.07) is 10.6. The largest absolute Gasteiger partial charge is 0.494 e. The van der Waals surface area contributed by atoms with Crippen molar-refractivity contribution in [3.63, 3.8) is 0 Å². The summed E-state index contributed by atoms with van der Waals surface area (Å²) in [4.78, 5) is 18.3. The molecule has 1 aliphatic rings. The van der Waals surface area contributed by atoms with Crippen molar-refractivity contribution >= 4 is 5.91 Å². The average molecular weight is 399 g/mol. The normalized spacial score (nSPS) is 16.4. The maximum absolute atomic E-state index is 13.4. The minimum Gasteiger partial charge on any atom is -0.494 e. The number of halogens is 2. The van der Waals surface area contributed by atoms with Crippen LogP contribution in [-0.4, -0.2) is 34.1 Å². The molecule has 1 saturated heterocycles. The second-order valence-electron chi connectivity index (χ2n) is 6.87. The van der Waals surface area contributed by atoms with E-state index in [2.05, 4.69) is 10.1 Å². The molecule has 2 heterocycles. The zero-order valence-electron chi connectivity index (χ0n) is 15.8. The molecule has 1 aromatic heterocycles. The molecule has 0 spiro atoms. The zero-order chi connectivity index (χ0) is 20.4. The van der Waals surface area contributed by atoms with Gasteiger partial charge in [-0.2, -0.15) is 4.98 Å². The molecule has 1 unspecified atom stereocenters. The number of likely N-dealkylation sites (tertiary alicyclic amines) is 1. The van der Waals surface area contributed by atoms with Crippen molar-refractivity contribution in [2.75, 3.05) is 13.2 Å². The van der Waals surface area contributed by atoms with Gasteiger partial charge in [-0.1, -0.05) is 17.3 Å². The van der Waals surface area contributed by atoms with Gasteiger partial charge in [0.05, 0.1) is 12.5 Å². The van der Waals surface area contributed by atoms with E-state index in [1.165, 1.54) is 12.1 Å². The molecule has 6 nitrogen and oxygen atoms in total. The maximum atomic E-state index is 13.4. The first-order chi connectivity index (χ1) is 14.0. The van der Waals surface area contributed by atoms with E-state index in [1.54, 1.807) is 4.90 Å². The first-order valence-corrected chi connectivity index (χ1v) is 9.31. The molecular formula is C21H19F2N3O3. The number of aromatic nitrogens is 2. The highest BCUT2D eigenvalue weighted by molar-refractivity contribution is 5.79. The average Bonchev–Trinajstić information content (AvgIpc) is 3.29. The molecular weight excluding hydrogens is 380 g/mol. The van der Waals surface area contributed by atoms with Crippen LogP contribution < -0.4 is 4.74 Å². The Morgan fingerprint density at radius 2 is 2.00 bits per heavy atom. The van der Waals surface area contributed by atoms with Crippen LogP contribution in [-0.2, 0) is 11.3 Å². The molecule has 0 N–H and O–H groups in total. The van der Waals surface area contributed by atoms with Gasteiger partial charge < -0.3 is 14.2 Å². The predicted octanol–water partition coefficient (Wildman–Crippen LogP) is 3.93. The molecule has 1 amide bonds. The van der Waals surface area contributed by atoms with Crippen LogP contribution in [0.25, 0.3) is 11.4 Å². The molecule has 3 aromatic rings. The van der Waals surface area contributed by atoms with Crippen molar-refractivity contribution in [1.29, 1.82) is 0 Å². The number of hydrogen-bond donors (Lipinski definition) is 0. The standard InChI is InChI=1S/C21H19F2N3O3/c1-2-28-18-5-3-4-14(8-18)20-24-21(29-25-20)15-9-19(27)26(12-15)11-13-6-16(22)10-17(23)7-13/h3-8,10,15H,2,9,11-12H2,1H3. The lowest BCUT2D eigenvalue weighted by atomic mass is 10.1. The fraction of sp³-hybridized carbons (Fsp3) is 0.286. The highest BCUT2D eigenvalue weighted by Gasteiger charge is 2.34. The third kappa shape index (κ3) is 4.26. The van der Waals surface area contributed by atoms with Gasteiger partial charge >= 0.3 is 0 Å². The number of benzene rings is 2. The Kier molecular flexibility index (Phi) is 5.24. The van der Waals surface area contributed by atoms with E-state index >= 15 is 0 Å². The summed E-state index contributed by atoms with van der Waals surface area (Å²) < 4.78 is 37.7. The number of nitrogens with zero attached hydrogens (tertiary/aromatic N) is 3. The van der Waals surface area contributed by atoms with Crippen molar-refractivity contribution in [2.45, 2.75) is 25.8 Å². The van der Waals surface area contributed by atoms with Crippen LogP contribution in [0.15, 0.2) is 47.0 Å². The summed E-state index contributed by atoms with van der Waals surface area (Å²) in [7, 11) is 0. The van der Waals surface area contributed by atoms with Gasteiger partial charge in [0.15, 0.2) is 0 Å². The summed E-state index contributed by atoms with van der Waals surface area (Å²) in [5, 5.41) is 4.02. The van der Waals surface area contributed by atoms with Crippen LogP contribution in [0.4, 0.5) is 8.78 Å². The molecule has 0 aliphatic carbocycles. The second-order valence-corrected chi connectivity index (χ2v) is 6.87. The minimum absolute atomic E-state index is 0.126. The SMILES string of the molecule is CCOc1cccc(-c2noc(C3CC(=O)N(Cc4cc(F)cc(F)c4)C3)n2)c1. The summed E-state index contributed by atoms with van der Waals surface area (Å²) in [6.07, 6.45) is 0.207. The lowest BCUT2D eigenvalue weighted by Gasteiger charge is -2.16. The topological polar surface area (TPSA) is 68.5 Å². The molecule has 1 fully saturated rings. The van der Waals surface area contributed by atoms with Crippen molar-refractivity contribution in [3.8, 4) is 17.1 Å². The monoisotopic (exact) mass is 399 g/mol. The molecule has 8 heteroatoms. The first kappa shape index (κ1) is 19.0. The number of rotatable bonds is 6. The van der Waals surface area contributed by atoms with Gasteiger partial charge in [-0.15, -0.1) is 0 Å². The lowest BCUT2D eigenvalue weighted by Crippen LogP contribution is -2.24. The molecule has 2 aromatic carbocycles. The van der Waals surface area contributed by atoms with Gasteiger partial charge in [0, 0.05) is 31.1 Å². The van der Waals surface area contributed by atoms with E-state index in [9.17, 15) is 13.6 Å². The highest BCUT2D eigenvalue weighted by Crippen LogP contribution is 2.30. The van der Waals surface area contributed by atoms with Crippen LogP contribution >= 0.6 is 0 Å². The number of ether oxygens (including phenoxy) is 1. The number of hydrogen-bond acceptors (Lipinski definition) is 5. The number of amides is 1. The first-order valence-electron chi connectivity index (χ1n) is 9.31. The van der Waals surface area contributed by atoms with Crippen molar-refractivity contribution < 1.29 is 22.8 Å². The summed E-state index contributed by atoms with van der Waals surface area (Å²) in [5.74, 6) is -0.239. The molecule has 1 atom stereocenters. The Morgan fingerprint density at radius 1 is 1.21 bits per heavy atom. The molecule has 0 saturated carbocycles. The van der Waals surface area contributed by atoms with Crippen LogP contribution in [0.3, 0.4) is 0 Å². The molecule has 4 rings (SSSR count). The van der Waals surface area contributed by atoms with E-state index in [0.29, 0.717) is 36.2 Å². The summed E-state index contributed by atoms with van der Waals surface area (Å²) >= 11 is 0. The van der Waals surface area contributed by atoms with Gasteiger partial charge in [-0.3, -0.25) is 4.79 Å². The van der Waals surface area contributed by atoms with E-state index in [-0.39, 0.29) is 24.8 Å². The molecule has 29 heavy (non-hydrogen) atoms. The van der Waals surface area contributed by atoms with E-state index in [1.807, 2.05) is 31.2 Å². The van der Waals surface area contributed by atoms with E-state index in [0.717, 1.165) is 11.6 Å². The van der Waals surface area contributed by atoms with Crippen LogP contribution in [0.2, 0.25) is 0 Å². The number of carbonyl (C=O) groups is 1. The Hall–Kier alpha value is -3.29.